The molecule has 0 aliphatic carbocycles. The van der Waals surface area contributed by atoms with Gasteiger partial charge in [-0.1, -0.05) is 18.2 Å². The van der Waals surface area contributed by atoms with Crippen LogP contribution in [0.15, 0.2) is 53.8 Å². The summed E-state index contributed by atoms with van der Waals surface area (Å²) in [4.78, 5) is 6.30. The number of pyridine rings is 1. The molecule has 3 N–H and O–H groups in total. The van der Waals surface area contributed by atoms with E-state index in [9.17, 15) is 0 Å². The largest absolute Gasteiger partial charge is 0.457 e. The third-order valence-electron chi connectivity index (χ3n) is 3.64. The molecule has 0 amide bonds. The Morgan fingerprint density at radius 3 is 2.67 bits per heavy atom. The fraction of sp³-hybridized carbons (Fsp3) is 0.235. The second kappa shape index (κ2) is 7.74. The van der Waals surface area contributed by atoms with Gasteiger partial charge < -0.3 is 15.4 Å². The van der Waals surface area contributed by atoms with Crippen molar-refractivity contribution in [2.75, 3.05) is 13.1 Å². The van der Waals surface area contributed by atoms with Gasteiger partial charge in [0.15, 0.2) is 10.9 Å². The van der Waals surface area contributed by atoms with E-state index in [4.69, 9.17) is 22.7 Å². The van der Waals surface area contributed by atoms with Crippen LogP contribution in [0.25, 0.3) is 0 Å². The number of para-hydroxylation sites is 1. The standard InChI is InChI=1S/C17H19N5OS/c18-16(20-21-17(24)22-10-4-5-11-22)15-12-14(8-9-19-15)23-13-6-2-1-3-7-13/h1-3,6-9,12H,4-5,10-11H2,(H2,18,20)(H,21,24). The van der Waals surface area contributed by atoms with E-state index < -0.39 is 0 Å². The van der Waals surface area contributed by atoms with Crippen molar-refractivity contribution in [3.63, 3.8) is 0 Å². The van der Waals surface area contributed by atoms with Gasteiger partial charge in [-0.25, -0.2) is 0 Å². The van der Waals surface area contributed by atoms with Gasteiger partial charge in [0.05, 0.1) is 0 Å². The molecular formula is C17H19N5OS. The van der Waals surface area contributed by atoms with Crippen molar-refractivity contribution >= 4 is 23.2 Å². The summed E-state index contributed by atoms with van der Waals surface area (Å²) in [5, 5.41) is 4.72. The zero-order valence-corrected chi connectivity index (χ0v) is 14.0. The van der Waals surface area contributed by atoms with Gasteiger partial charge in [-0.3, -0.25) is 10.4 Å². The molecule has 0 unspecified atom stereocenters. The Morgan fingerprint density at radius 2 is 1.92 bits per heavy atom. The zero-order chi connectivity index (χ0) is 16.8. The van der Waals surface area contributed by atoms with Gasteiger partial charge in [0.1, 0.15) is 17.2 Å². The average molecular weight is 341 g/mol. The van der Waals surface area contributed by atoms with Crippen molar-refractivity contribution in [3.8, 4) is 11.5 Å². The molecule has 0 atom stereocenters. The minimum atomic E-state index is 0.259. The number of nitrogens with zero attached hydrogens (tertiary/aromatic N) is 3. The van der Waals surface area contributed by atoms with Gasteiger partial charge >= 0.3 is 0 Å². The van der Waals surface area contributed by atoms with E-state index in [1.54, 1.807) is 18.3 Å². The highest BCUT2D eigenvalue weighted by atomic mass is 32.1. The first-order valence-electron chi connectivity index (χ1n) is 7.80. The molecule has 6 nitrogen and oxygen atoms in total. The first-order valence-corrected chi connectivity index (χ1v) is 8.20. The van der Waals surface area contributed by atoms with Gasteiger partial charge in [-0.2, -0.15) is 5.10 Å². The zero-order valence-electron chi connectivity index (χ0n) is 13.2. The minimum Gasteiger partial charge on any atom is -0.457 e. The number of nitrogens with one attached hydrogen (secondary N) is 1. The number of amidine groups is 1. The lowest BCUT2D eigenvalue weighted by Crippen LogP contribution is -2.36. The fourth-order valence-corrected chi connectivity index (χ4v) is 2.62. The predicted octanol–water partition coefficient (Wildman–Crippen LogP) is 2.46. The maximum Gasteiger partial charge on any atom is 0.189 e. The van der Waals surface area contributed by atoms with Crippen LogP contribution < -0.4 is 15.9 Å². The Morgan fingerprint density at radius 1 is 1.17 bits per heavy atom. The quantitative estimate of drug-likeness (QED) is 0.385. The van der Waals surface area contributed by atoms with Crippen LogP contribution in [0.1, 0.15) is 18.5 Å². The summed E-state index contributed by atoms with van der Waals surface area (Å²) in [5.74, 6) is 1.65. The lowest BCUT2D eigenvalue weighted by molar-refractivity contribution is 0.482. The summed E-state index contributed by atoms with van der Waals surface area (Å²) in [6.45, 7) is 1.92. The van der Waals surface area contributed by atoms with Gasteiger partial charge in [0, 0.05) is 25.4 Å². The van der Waals surface area contributed by atoms with Crippen LogP contribution in [0.4, 0.5) is 0 Å². The Balaban J connectivity index is 1.66. The van der Waals surface area contributed by atoms with Crippen LogP contribution in [-0.2, 0) is 0 Å². The highest BCUT2D eigenvalue weighted by Gasteiger charge is 2.14. The number of hydrogen-bond acceptors (Lipinski definition) is 4. The molecule has 2 heterocycles. The number of rotatable bonds is 4. The fourth-order valence-electron chi connectivity index (χ4n) is 2.40. The molecule has 0 radical (unpaired) electrons. The first kappa shape index (κ1) is 16.2. The van der Waals surface area contributed by atoms with Crippen LogP contribution in [-0.4, -0.2) is 33.9 Å². The van der Waals surface area contributed by atoms with Crippen molar-refractivity contribution < 1.29 is 4.74 Å². The van der Waals surface area contributed by atoms with E-state index in [-0.39, 0.29) is 5.84 Å². The molecule has 7 heteroatoms. The second-order valence-corrected chi connectivity index (χ2v) is 5.79. The monoisotopic (exact) mass is 341 g/mol. The molecule has 124 valence electrons. The van der Waals surface area contributed by atoms with Crippen LogP contribution >= 0.6 is 12.2 Å². The molecule has 0 bridgehead atoms. The Labute approximate surface area is 146 Å². The van der Waals surface area contributed by atoms with E-state index in [1.807, 2.05) is 30.3 Å². The maximum absolute atomic E-state index is 6.00. The van der Waals surface area contributed by atoms with Crippen LogP contribution in [0.2, 0.25) is 0 Å². The molecule has 1 fully saturated rings. The third-order valence-corrected chi connectivity index (χ3v) is 3.99. The topological polar surface area (TPSA) is 75.8 Å². The van der Waals surface area contributed by atoms with E-state index in [1.165, 1.54) is 0 Å². The Bertz CT molecular complexity index is 729. The van der Waals surface area contributed by atoms with Crippen LogP contribution in [0.5, 0.6) is 11.5 Å². The molecular weight excluding hydrogens is 322 g/mol. The van der Waals surface area contributed by atoms with Gasteiger partial charge in [-0.15, -0.1) is 0 Å². The third kappa shape index (κ3) is 4.20. The predicted molar refractivity (Wildman–Crippen MR) is 98.0 cm³/mol. The molecule has 2 aromatic rings. The summed E-state index contributed by atoms with van der Waals surface area (Å²) in [6.07, 6.45) is 3.94. The molecule has 1 aromatic carbocycles. The summed E-state index contributed by atoms with van der Waals surface area (Å²) in [6, 6.07) is 13.0. The highest BCUT2D eigenvalue weighted by Crippen LogP contribution is 2.20. The molecule has 1 aromatic heterocycles. The van der Waals surface area contributed by atoms with E-state index in [0.29, 0.717) is 16.6 Å². The average Bonchev–Trinajstić information content (AvgIpc) is 3.15. The van der Waals surface area contributed by atoms with Crippen LogP contribution in [0.3, 0.4) is 0 Å². The van der Waals surface area contributed by atoms with Crippen molar-refractivity contribution in [2.45, 2.75) is 12.8 Å². The lowest BCUT2D eigenvalue weighted by Gasteiger charge is -2.17. The normalized spacial score (nSPS) is 14.5. The molecule has 0 spiro atoms. The van der Waals surface area contributed by atoms with Crippen molar-refractivity contribution in [1.82, 2.24) is 15.3 Å². The summed E-state index contributed by atoms with van der Waals surface area (Å²) in [7, 11) is 0. The van der Waals surface area contributed by atoms with Crippen molar-refractivity contribution in [2.24, 2.45) is 10.8 Å². The second-order valence-electron chi connectivity index (χ2n) is 5.40. The van der Waals surface area contributed by atoms with E-state index in [2.05, 4.69) is 20.4 Å². The molecule has 3 rings (SSSR count). The number of likely N-dealkylation sites (tertiary alicyclic amines) is 1. The number of aromatic nitrogens is 1. The van der Waals surface area contributed by atoms with Crippen LogP contribution in [0, 0.1) is 0 Å². The smallest absolute Gasteiger partial charge is 0.189 e. The molecule has 1 aliphatic heterocycles. The summed E-state index contributed by atoms with van der Waals surface area (Å²) < 4.78 is 5.77. The molecule has 0 saturated carbocycles. The highest BCUT2D eigenvalue weighted by molar-refractivity contribution is 7.80. The van der Waals surface area contributed by atoms with E-state index in [0.717, 1.165) is 31.7 Å². The number of thiocarbonyl (C=S) groups is 1. The molecule has 1 saturated heterocycles. The Kier molecular flexibility index (Phi) is 5.22. The maximum atomic E-state index is 6.00. The van der Waals surface area contributed by atoms with E-state index >= 15 is 0 Å². The number of ether oxygens (including phenoxy) is 1. The minimum absolute atomic E-state index is 0.259. The number of benzene rings is 1. The lowest BCUT2D eigenvalue weighted by atomic mass is 10.3. The first-order chi connectivity index (χ1) is 11.7. The van der Waals surface area contributed by atoms with Gasteiger partial charge in [0.25, 0.3) is 0 Å². The number of hydrogen-bond donors (Lipinski definition) is 2. The Hall–Kier alpha value is -2.67. The molecule has 24 heavy (non-hydrogen) atoms. The van der Waals surface area contributed by atoms with Crippen molar-refractivity contribution in [1.29, 1.82) is 0 Å². The van der Waals surface area contributed by atoms with Crippen molar-refractivity contribution in [3.05, 3.63) is 54.4 Å². The molecule has 1 aliphatic rings. The van der Waals surface area contributed by atoms with Gasteiger partial charge in [0.2, 0.25) is 0 Å². The number of hydrazone groups is 1. The SMILES string of the molecule is N/C(=N\NC(=S)N1CCCC1)c1cc(Oc2ccccc2)ccn1. The summed E-state index contributed by atoms with van der Waals surface area (Å²) in [5.41, 5.74) is 9.35. The van der Waals surface area contributed by atoms with Gasteiger partial charge in [-0.05, 0) is 43.3 Å². The summed E-state index contributed by atoms with van der Waals surface area (Å²) >= 11 is 5.30. The number of nitrogens with two attached hydrogens (primary N) is 1.